The Balaban J connectivity index is 2.67. The van der Waals surface area contributed by atoms with Crippen LogP contribution in [0.2, 0.25) is 0 Å². The number of aryl methyl sites for hydroxylation is 1. The molecule has 0 atom stereocenters. The minimum Gasteiger partial charge on any atom is -0.482 e. The van der Waals surface area contributed by atoms with E-state index in [9.17, 15) is 4.79 Å². The van der Waals surface area contributed by atoms with Gasteiger partial charge in [-0.2, -0.15) is 0 Å². The second-order valence-corrected chi connectivity index (χ2v) is 6.11. The third-order valence-corrected chi connectivity index (χ3v) is 3.05. The number of hydrogen-bond donors (Lipinski definition) is 0. The molecule has 0 unspecified atom stereocenters. The van der Waals surface area contributed by atoms with Gasteiger partial charge in [0.2, 0.25) is 0 Å². The van der Waals surface area contributed by atoms with Crippen molar-refractivity contribution in [2.45, 2.75) is 52.9 Å². The predicted octanol–water partition coefficient (Wildman–Crippen LogP) is 4.01. The molecule has 0 aliphatic heterocycles. The molecule has 0 aliphatic carbocycles. The first kappa shape index (κ1) is 16.5. The fourth-order valence-electron chi connectivity index (χ4n) is 1.88. The highest BCUT2D eigenvalue weighted by Gasteiger charge is 2.19. The van der Waals surface area contributed by atoms with Crippen LogP contribution in [-0.4, -0.2) is 19.2 Å². The first-order chi connectivity index (χ1) is 9.34. The van der Waals surface area contributed by atoms with Crippen LogP contribution in [0.15, 0.2) is 18.2 Å². The number of hydrogen-bond acceptors (Lipinski definition) is 3. The Morgan fingerprint density at radius 3 is 2.55 bits per heavy atom. The summed E-state index contributed by atoms with van der Waals surface area (Å²) in [6, 6.07) is 6.10. The van der Waals surface area contributed by atoms with E-state index in [-0.39, 0.29) is 18.0 Å². The summed E-state index contributed by atoms with van der Waals surface area (Å²) in [6.07, 6.45) is 1.91. The maximum absolute atomic E-state index is 11.6. The summed E-state index contributed by atoms with van der Waals surface area (Å²) in [5, 5.41) is 0. The van der Waals surface area contributed by atoms with Crippen LogP contribution in [-0.2, 0) is 14.9 Å². The van der Waals surface area contributed by atoms with Gasteiger partial charge in [-0.05, 0) is 36.0 Å². The van der Waals surface area contributed by atoms with Gasteiger partial charge in [-0.25, -0.2) is 4.79 Å². The lowest BCUT2D eigenvalue weighted by Crippen LogP contribution is -2.19. The molecule has 20 heavy (non-hydrogen) atoms. The number of esters is 1. The predicted molar refractivity (Wildman–Crippen MR) is 81.2 cm³/mol. The van der Waals surface area contributed by atoms with E-state index in [1.165, 1.54) is 0 Å². The molecule has 0 N–H and O–H groups in total. The standard InChI is InChI=1S/C17H26O3/c1-6-7-10-19-16(18)12-20-15-11-13(2)8-9-14(15)17(3,4)5/h8-9,11H,6-7,10,12H2,1-5H3. The van der Waals surface area contributed by atoms with E-state index in [1.807, 2.05) is 13.0 Å². The van der Waals surface area contributed by atoms with Crippen molar-refractivity contribution in [2.75, 3.05) is 13.2 Å². The van der Waals surface area contributed by atoms with E-state index < -0.39 is 0 Å². The van der Waals surface area contributed by atoms with Crippen LogP contribution in [0.3, 0.4) is 0 Å². The summed E-state index contributed by atoms with van der Waals surface area (Å²) in [7, 11) is 0. The largest absolute Gasteiger partial charge is 0.482 e. The number of rotatable bonds is 6. The van der Waals surface area contributed by atoms with Gasteiger partial charge in [-0.1, -0.05) is 46.2 Å². The summed E-state index contributed by atoms with van der Waals surface area (Å²) in [4.78, 5) is 11.6. The number of carbonyl (C=O) groups is 1. The fraction of sp³-hybridized carbons (Fsp3) is 0.588. The zero-order chi connectivity index (χ0) is 15.2. The van der Waals surface area contributed by atoms with Crippen molar-refractivity contribution >= 4 is 5.97 Å². The Morgan fingerprint density at radius 1 is 1.25 bits per heavy atom. The third-order valence-electron chi connectivity index (χ3n) is 3.05. The molecule has 0 spiro atoms. The molecule has 0 saturated carbocycles. The van der Waals surface area contributed by atoms with Gasteiger partial charge in [0.25, 0.3) is 0 Å². The van der Waals surface area contributed by atoms with Crippen LogP contribution in [0.5, 0.6) is 5.75 Å². The third kappa shape index (κ3) is 5.24. The molecular weight excluding hydrogens is 252 g/mol. The smallest absolute Gasteiger partial charge is 0.344 e. The van der Waals surface area contributed by atoms with Crippen molar-refractivity contribution in [3.63, 3.8) is 0 Å². The Labute approximate surface area is 122 Å². The monoisotopic (exact) mass is 278 g/mol. The average Bonchev–Trinajstić information content (AvgIpc) is 2.35. The molecular formula is C17H26O3. The van der Waals surface area contributed by atoms with Gasteiger partial charge in [0.15, 0.2) is 6.61 Å². The van der Waals surface area contributed by atoms with Crippen LogP contribution >= 0.6 is 0 Å². The zero-order valence-corrected chi connectivity index (χ0v) is 13.3. The summed E-state index contributed by atoms with van der Waals surface area (Å²) in [5.74, 6) is 0.463. The molecule has 0 aromatic heterocycles. The number of benzene rings is 1. The van der Waals surface area contributed by atoms with E-state index in [0.717, 1.165) is 29.7 Å². The van der Waals surface area contributed by atoms with Crippen molar-refractivity contribution in [2.24, 2.45) is 0 Å². The number of carbonyl (C=O) groups excluding carboxylic acids is 1. The Kier molecular flexibility index (Phi) is 6.05. The Hall–Kier alpha value is -1.51. The first-order valence-electron chi connectivity index (χ1n) is 7.24. The summed E-state index contributed by atoms with van der Waals surface area (Å²) in [6.45, 7) is 10.9. The molecule has 0 amide bonds. The Bertz CT molecular complexity index is 444. The van der Waals surface area contributed by atoms with E-state index in [2.05, 4.69) is 39.8 Å². The highest BCUT2D eigenvalue weighted by Crippen LogP contribution is 2.32. The van der Waals surface area contributed by atoms with Crippen LogP contribution in [0, 0.1) is 6.92 Å². The molecule has 0 fully saturated rings. The highest BCUT2D eigenvalue weighted by molar-refractivity contribution is 5.71. The highest BCUT2D eigenvalue weighted by atomic mass is 16.6. The van der Waals surface area contributed by atoms with Gasteiger partial charge in [-0.3, -0.25) is 0 Å². The number of ether oxygens (including phenoxy) is 2. The van der Waals surface area contributed by atoms with Gasteiger partial charge in [0.1, 0.15) is 5.75 Å². The fourth-order valence-corrected chi connectivity index (χ4v) is 1.88. The maximum Gasteiger partial charge on any atom is 0.344 e. The van der Waals surface area contributed by atoms with Gasteiger partial charge in [-0.15, -0.1) is 0 Å². The quantitative estimate of drug-likeness (QED) is 0.582. The van der Waals surface area contributed by atoms with Crippen LogP contribution < -0.4 is 4.74 Å². The second-order valence-electron chi connectivity index (χ2n) is 6.11. The SMILES string of the molecule is CCCCOC(=O)COc1cc(C)ccc1C(C)(C)C. The van der Waals surface area contributed by atoms with Crippen molar-refractivity contribution in [1.82, 2.24) is 0 Å². The van der Waals surface area contributed by atoms with Crippen LogP contribution in [0.4, 0.5) is 0 Å². The number of unbranched alkanes of at least 4 members (excludes halogenated alkanes) is 1. The summed E-state index contributed by atoms with van der Waals surface area (Å²) < 4.78 is 10.8. The topological polar surface area (TPSA) is 35.5 Å². The van der Waals surface area contributed by atoms with E-state index in [4.69, 9.17) is 9.47 Å². The molecule has 0 radical (unpaired) electrons. The minimum absolute atomic E-state index is 0.0187. The molecule has 3 nitrogen and oxygen atoms in total. The lowest BCUT2D eigenvalue weighted by molar-refractivity contribution is -0.146. The summed E-state index contributed by atoms with van der Waals surface area (Å²) in [5.41, 5.74) is 2.20. The lowest BCUT2D eigenvalue weighted by atomic mass is 9.86. The van der Waals surface area contributed by atoms with Crippen LogP contribution in [0.1, 0.15) is 51.7 Å². The second kappa shape index (κ2) is 7.32. The molecule has 1 aromatic carbocycles. The van der Waals surface area contributed by atoms with E-state index in [1.54, 1.807) is 0 Å². The lowest BCUT2D eigenvalue weighted by Gasteiger charge is -2.23. The van der Waals surface area contributed by atoms with Crippen molar-refractivity contribution in [3.8, 4) is 5.75 Å². The molecule has 0 heterocycles. The van der Waals surface area contributed by atoms with E-state index in [0.29, 0.717) is 6.61 Å². The molecule has 1 rings (SSSR count). The van der Waals surface area contributed by atoms with Crippen molar-refractivity contribution < 1.29 is 14.3 Å². The molecule has 0 aliphatic rings. The Morgan fingerprint density at radius 2 is 1.95 bits per heavy atom. The van der Waals surface area contributed by atoms with Gasteiger partial charge in [0.05, 0.1) is 6.61 Å². The molecule has 3 heteroatoms. The molecule has 1 aromatic rings. The zero-order valence-electron chi connectivity index (χ0n) is 13.3. The normalized spacial score (nSPS) is 11.2. The van der Waals surface area contributed by atoms with Gasteiger partial charge >= 0.3 is 5.97 Å². The van der Waals surface area contributed by atoms with Crippen molar-refractivity contribution in [3.05, 3.63) is 29.3 Å². The van der Waals surface area contributed by atoms with Crippen LogP contribution in [0.25, 0.3) is 0 Å². The average molecular weight is 278 g/mol. The van der Waals surface area contributed by atoms with Crippen molar-refractivity contribution in [1.29, 1.82) is 0 Å². The minimum atomic E-state index is -0.306. The first-order valence-corrected chi connectivity index (χ1v) is 7.24. The maximum atomic E-state index is 11.6. The van der Waals surface area contributed by atoms with Gasteiger partial charge in [0, 0.05) is 0 Å². The van der Waals surface area contributed by atoms with E-state index >= 15 is 0 Å². The molecule has 0 saturated heterocycles. The molecule has 0 bridgehead atoms. The molecule has 112 valence electrons. The van der Waals surface area contributed by atoms with Gasteiger partial charge < -0.3 is 9.47 Å². The summed E-state index contributed by atoms with van der Waals surface area (Å²) >= 11 is 0.